The van der Waals surface area contributed by atoms with Crippen LogP contribution in [0.25, 0.3) is 0 Å². The second kappa shape index (κ2) is 7.25. The van der Waals surface area contributed by atoms with Crippen molar-refractivity contribution in [2.45, 2.75) is 57.9 Å². The summed E-state index contributed by atoms with van der Waals surface area (Å²) in [7, 11) is 2.22. The first-order valence-corrected chi connectivity index (χ1v) is 9.71. The topological polar surface area (TPSA) is 27.0 Å². The van der Waals surface area contributed by atoms with E-state index in [1.807, 2.05) is 12.1 Å². The van der Waals surface area contributed by atoms with Crippen molar-refractivity contribution < 1.29 is 0 Å². The largest absolute Gasteiger partial charge is 0.303 e. The molecule has 2 nitrogen and oxygen atoms in total. The predicted octanol–water partition coefficient (Wildman–Crippen LogP) is 5.19. The Morgan fingerprint density at radius 3 is 2.69 bits per heavy atom. The van der Waals surface area contributed by atoms with Crippen LogP contribution in [0.4, 0.5) is 0 Å². The van der Waals surface area contributed by atoms with Gasteiger partial charge in [-0.3, -0.25) is 0 Å². The molecule has 0 bridgehead atoms. The first-order chi connectivity index (χ1) is 12.4. The minimum atomic E-state index is 0.0648. The van der Waals surface area contributed by atoms with Crippen molar-refractivity contribution in [3.05, 3.63) is 70.3 Å². The quantitative estimate of drug-likeness (QED) is 0.764. The molecular formula is C24H30N2. The molecule has 3 atom stereocenters. The molecule has 0 saturated carbocycles. The van der Waals surface area contributed by atoms with Gasteiger partial charge >= 0.3 is 0 Å². The van der Waals surface area contributed by atoms with Gasteiger partial charge in [0.1, 0.15) is 0 Å². The molecule has 136 valence electrons. The Hall–Kier alpha value is -2.11. The smallest absolute Gasteiger partial charge is 0.0991 e. The molecule has 26 heavy (non-hydrogen) atoms. The maximum Gasteiger partial charge on any atom is 0.0991 e. The van der Waals surface area contributed by atoms with Crippen molar-refractivity contribution in [3.63, 3.8) is 0 Å². The number of hydrogen-bond acceptors (Lipinski definition) is 2. The van der Waals surface area contributed by atoms with Crippen LogP contribution in [-0.2, 0) is 11.8 Å². The van der Waals surface area contributed by atoms with E-state index in [1.165, 1.54) is 22.3 Å². The Kier molecular flexibility index (Phi) is 5.21. The highest BCUT2D eigenvalue weighted by atomic mass is 15.1. The molecule has 2 aromatic rings. The first kappa shape index (κ1) is 18.7. The molecule has 2 heteroatoms. The van der Waals surface area contributed by atoms with Crippen LogP contribution in [-0.4, -0.2) is 24.5 Å². The van der Waals surface area contributed by atoms with Crippen molar-refractivity contribution in [2.24, 2.45) is 0 Å². The summed E-state index contributed by atoms with van der Waals surface area (Å²) in [5.74, 6) is 0.361. The highest BCUT2D eigenvalue weighted by molar-refractivity contribution is 5.44. The molecule has 1 aliphatic heterocycles. The lowest BCUT2D eigenvalue weighted by atomic mass is 9.61. The third-order valence-electron chi connectivity index (χ3n) is 6.55. The van der Waals surface area contributed by atoms with Crippen LogP contribution >= 0.6 is 0 Å². The van der Waals surface area contributed by atoms with E-state index in [4.69, 9.17) is 0 Å². The summed E-state index contributed by atoms with van der Waals surface area (Å²) >= 11 is 0. The standard InChI is InChI=1S/C24H30N2/c1-6-19-11-10-17(2)22(15-19)24(4)12-13-26(5)18(3)23(24)21-9-7-8-20(14-21)16-25/h7-11,14-15,18,23H,6,12-13H2,1-5H3/t18?,23-,24-/m1/s1. The van der Waals surface area contributed by atoms with E-state index in [2.05, 4.69) is 76.0 Å². The number of piperidine rings is 1. The molecule has 1 unspecified atom stereocenters. The molecule has 1 aliphatic rings. The van der Waals surface area contributed by atoms with E-state index in [0.29, 0.717) is 12.0 Å². The van der Waals surface area contributed by atoms with Crippen LogP contribution in [0.3, 0.4) is 0 Å². The molecule has 1 fully saturated rings. The van der Waals surface area contributed by atoms with E-state index in [-0.39, 0.29) is 5.41 Å². The average Bonchev–Trinajstić information content (AvgIpc) is 2.65. The fourth-order valence-electron chi connectivity index (χ4n) is 4.81. The van der Waals surface area contributed by atoms with Gasteiger partial charge in [0.05, 0.1) is 11.6 Å². The van der Waals surface area contributed by atoms with E-state index < -0.39 is 0 Å². The van der Waals surface area contributed by atoms with E-state index in [1.54, 1.807) is 0 Å². The summed E-state index contributed by atoms with van der Waals surface area (Å²) in [6, 6.07) is 17.9. The molecule has 2 aromatic carbocycles. The van der Waals surface area contributed by atoms with Crippen LogP contribution in [0.5, 0.6) is 0 Å². The molecule has 0 amide bonds. The Labute approximate surface area is 158 Å². The molecule has 0 spiro atoms. The monoisotopic (exact) mass is 346 g/mol. The summed E-state index contributed by atoms with van der Waals surface area (Å²) in [5, 5.41) is 9.38. The Balaban J connectivity index is 2.18. The highest BCUT2D eigenvalue weighted by Gasteiger charge is 2.45. The number of likely N-dealkylation sites (tertiary alicyclic amines) is 1. The Bertz CT molecular complexity index is 832. The van der Waals surface area contributed by atoms with Gasteiger partial charge in [-0.1, -0.05) is 44.2 Å². The molecular weight excluding hydrogens is 316 g/mol. The van der Waals surface area contributed by atoms with Gasteiger partial charge in [0.25, 0.3) is 0 Å². The minimum absolute atomic E-state index is 0.0648. The third-order valence-corrected chi connectivity index (χ3v) is 6.55. The number of hydrogen-bond donors (Lipinski definition) is 0. The molecule has 1 heterocycles. The van der Waals surface area contributed by atoms with Crippen LogP contribution in [0, 0.1) is 18.3 Å². The highest BCUT2D eigenvalue weighted by Crippen LogP contribution is 2.49. The summed E-state index contributed by atoms with van der Waals surface area (Å²) in [4.78, 5) is 2.46. The van der Waals surface area contributed by atoms with Crippen molar-refractivity contribution in [1.29, 1.82) is 5.26 Å². The van der Waals surface area contributed by atoms with Crippen molar-refractivity contribution in [1.82, 2.24) is 4.90 Å². The molecule has 1 saturated heterocycles. The SMILES string of the molecule is CCc1ccc(C)c([C@@]2(C)CCN(C)C(C)[C@@H]2c2cccc(C#N)c2)c1. The van der Waals surface area contributed by atoms with Crippen LogP contribution in [0.1, 0.15) is 60.9 Å². The van der Waals surface area contributed by atoms with Gasteiger partial charge in [0.15, 0.2) is 0 Å². The van der Waals surface area contributed by atoms with Gasteiger partial charge in [-0.05, 0) is 74.7 Å². The molecule has 0 N–H and O–H groups in total. The Morgan fingerprint density at radius 2 is 2.00 bits per heavy atom. The number of nitrogens with zero attached hydrogens (tertiary/aromatic N) is 2. The number of rotatable bonds is 3. The molecule has 3 rings (SSSR count). The normalized spacial score (nSPS) is 26.5. The fourth-order valence-corrected chi connectivity index (χ4v) is 4.81. The fraction of sp³-hybridized carbons (Fsp3) is 0.458. The Morgan fingerprint density at radius 1 is 1.23 bits per heavy atom. The third kappa shape index (κ3) is 3.17. The maximum absolute atomic E-state index is 9.38. The second-order valence-corrected chi connectivity index (χ2v) is 8.11. The lowest BCUT2D eigenvalue weighted by Gasteiger charge is -2.50. The second-order valence-electron chi connectivity index (χ2n) is 8.11. The van der Waals surface area contributed by atoms with Crippen LogP contribution in [0.15, 0.2) is 42.5 Å². The van der Waals surface area contributed by atoms with E-state index in [9.17, 15) is 5.26 Å². The van der Waals surface area contributed by atoms with Gasteiger partial charge in [-0.25, -0.2) is 0 Å². The number of nitriles is 1. The summed E-state index contributed by atoms with van der Waals surface area (Å²) in [6.45, 7) is 10.3. The lowest BCUT2D eigenvalue weighted by Crippen LogP contribution is -2.51. The maximum atomic E-state index is 9.38. The predicted molar refractivity (Wildman–Crippen MR) is 109 cm³/mol. The molecule has 0 aromatic heterocycles. The number of benzene rings is 2. The lowest BCUT2D eigenvalue weighted by molar-refractivity contribution is 0.107. The van der Waals surface area contributed by atoms with Gasteiger partial charge in [0.2, 0.25) is 0 Å². The van der Waals surface area contributed by atoms with E-state index >= 15 is 0 Å². The minimum Gasteiger partial charge on any atom is -0.303 e. The van der Waals surface area contributed by atoms with Gasteiger partial charge in [-0.15, -0.1) is 0 Å². The van der Waals surface area contributed by atoms with Crippen LogP contribution in [0.2, 0.25) is 0 Å². The van der Waals surface area contributed by atoms with Gasteiger partial charge < -0.3 is 4.90 Å². The van der Waals surface area contributed by atoms with Crippen LogP contribution < -0.4 is 0 Å². The van der Waals surface area contributed by atoms with E-state index in [0.717, 1.165) is 24.9 Å². The summed E-state index contributed by atoms with van der Waals surface area (Å²) in [6.07, 6.45) is 2.19. The number of likely N-dealkylation sites (N-methyl/N-ethyl adjacent to an activating group) is 1. The van der Waals surface area contributed by atoms with Crippen molar-refractivity contribution in [2.75, 3.05) is 13.6 Å². The number of aryl methyl sites for hydroxylation is 2. The van der Waals surface area contributed by atoms with Gasteiger partial charge in [-0.2, -0.15) is 5.26 Å². The van der Waals surface area contributed by atoms with Crippen molar-refractivity contribution >= 4 is 0 Å². The summed E-state index contributed by atoms with van der Waals surface area (Å²) in [5.41, 5.74) is 6.36. The summed E-state index contributed by atoms with van der Waals surface area (Å²) < 4.78 is 0. The molecule has 0 radical (unpaired) electrons. The van der Waals surface area contributed by atoms with Crippen molar-refractivity contribution in [3.8, 4) is 6.07 Å². The zero-order valence-electron chi connectivity index (χ0n) is 16.7. The zero-order valence-corrected chi connectivity index (χ0v) is 16.7. The molecule has 0 aliphatic carbocycles. The first-order valence-electron chi connectivity index (χ1n) is 9.71. The average molecular weight is 347 g/mol. The van der Waals surface area contributed by atoms with Gasteiger partial charge in [0, 0.05) is 17.4 Å². The zero-order chi connectivity index (χ0) is 18.9.